The van der Waals surface area contributed by atoms with Gasteiger partial charge in [0, 0.05) is 13.1 Å². The van der Waals surface area contributed by atoms with Gasteiger partial charge in [-0.15, -0.1) is 0 Å². The number of aryl methyl sites for hydroxylation is 1. The Hall–Kier alpha value is -1.74. The van der Waals surface area contributed by atoms with E-state index in [9.17, 15) is 0 Å². The summed E-state index contributed by atoms with van der Waals surface area (Å²) in [6.45, 7) is 0. The van der Waals surface area contributed by atoms with Gasteiger partial charge in [0.2, 0.25) is 0 Å². The molecular formula is C13H13ClN2O. The van der Waals surface area contributed by atoms with Crippen LogP contribution in [0.25, 0.3) is 12.2 Å². The lowest BCUT2D eigenvalue weighted by Gasteiger charge is -1.98. The molecule has 3 nitrogen and oxygen atoms in total. The highest BCUT2D eigenvalue weighted by molar-refractivity contribution is 6.29. The Balaban J connectivity index is 2.14. The second-order valence-electron chi connectivity index (χ2n) is 3.62. The van der Waals surface area contributed by atoms with Crippen LogP contribution in [0.1, 0.15) is 11.3 Å². The molecule has 0 aliphatic rings. The third-order valence-corrected chi connectivity index (χ3v) is 2.76. The van der Waals surface area contributed by atoms with Gasteiger partial charge >= 0.3 is 0 Å². The standard InChI is InChI=1S/C13H13ClN2O/c1-16-13(14)9-11(15-16)6-3-10-4-7-12(17-2)8-5-10/h3-9H,1-2H3/b6-3+. The van der Waals surface area contributed by atoms with Crippen LogP contribution >= 0.6 is 11.6 Å². The summed E-state index contributed by atoms with van der Waals surface area (Å²) in [6.07, 6.45) is 3.91. The normalized spacial score (nSPS) is 11.0. The zero-order chi connectivity index (χ0) is 12.3. The average Bonchev–Trinajstić information content (AvgIpc) is 2.67. The molecule has 88 valence electrons. The monoisotopic (exact) mass is 248 g/mol. The van der Waals surface area contributed by atoms with E-state index in [0.717, 1.165) is 17.0 Å². The maximum Gasteiger partial charge on any atom is 0.127 e. The van der Waals surface area contributed by atoms with Crippen LogP contribution in [0, 0.1) is 0 Å². The largest absolute Gasteiger partial charge is 0.497 e. The van der Waals surface area contributed by atoms with E-state index in [2.05, 4.69) is 5.10 Å². The Morgan fingerprint density at radius 3 is 2.47 bits per heavy atom. The van der Waals surface area contributed by atoms with E-state index >= 15 is 0 Å². The molecule has 0 N–H and O–H groups in total. The molecule has 0 bridgehead atoms. The van der Waals surface area contributed by atoms with Gasteiger partial charge < -0.3 is 4.74 Å². The minimum absolute atomic E-state index is 0.624. The lowest BCUT2D eigenvalue weighted by Crippen LogP contribution is -1.89. The molecule has 1 heterocycles. The molecule has 1 aromatic heterocycles. The second-order valence-corrected chi connectivity index (χ2v) is 4.01. The third-order valence-electron chi connectivity index (χ3n) is 2.40. The number of aromatic nitrogens is 2. The van der Waals surface area contributed by atoms with Gasteiger partial charge in [0.15, 0.2) is 0 Å². The topological polar surface area (TPSA) is 27.1 Å². The SMILES string of the molecule is COc1ccc(/C=C/c2cc(Cl)n(C)n2)cc1. The van der Waals surface area contributed by atoms with E-state index < -0.39 is 0 Å². The zero-order valence-electron chi connectivity index (χ0n) is 9.72. The molecule has 0 radical (unpaired) electrons. The van der Waals surface area contributed by atoms with Gasteiger partial charge in [-0.2, -0.15) is 5.10 Å². The summed E-state index contributed by atoms with van der Waals surface area (Å²) in [6, 6.07) is 9.64. The number of rotatable bonds is 3. The maximum absolute atomic E-state index is 5.90. The first-order valence-electron chi connectivity index (χ1n) is 5.21. The Kier molecular flexibility index (Phi) is 3.49. The molecule has 2 aromatic rings. The number of nitrogens with zero attached hydrogens (tertiary/aromatic N) is 2. The highest BCUT2D eigenvalue weighted by Gasteiger charge is 1.98. The summed E-state index contributed by atoms with van der Waals surface area (Å²) in [7, 11) is 3.47. The Labute approximate surface area is 105 Å². The first-order chi connectivity index (χ1) is 8.19. The molecular weight excluding hydrogens is 236 g/mol. The molecule has 0 spiro atoms. The fourth-order valence-corrected chi connectivity index (χ4v) is 1.59. The highest BCUT2D eigenvalue weighted by Crippen LogP contribution is 2.15. The van der Waals surface area contributed by atoms with Crippen molar-refractivity contribution in [1.82, 2.24) is 9.78 Å². The molecule has 0 aliphatic heterocycles. The van der Waals surface area contributed by atoms with Crippen LogP contribution in [-0.2, 0) is 7.05 Å². The van der Waals surface area contributed by atoms with Gasteiger partial charge in [-0.25, -0.2) is 0 Å². The Morgan fingerprint density at radius 2 is 1.94 bits per heavy atom. The van der Waals surface area contributed by atoms with Gasteiger partial charge in [-0.1, -0.05) is 29.8 Å². The number of hydrogen-bond donors (Lipinski definition) is 0. The van der Waals surface area contributed by atoms with E-state index in [-0.39, 0.29) is 0 Å². The highest BCUT2D eigenvalue weighted by atomic mass is 35.5. The van der Waals surface area contributed by atoms with Gasteiger partial charge in [-0.3, -0.25) is 4.68 Å². The van der Waals surface area contributed by atoms with Crippen molar-refractivity contribution >= 4 is 23.8 Å². The number of ether oxygens (including phenoxy) is 1. The molecule has 0 amide bonds. The van der Waals surface area contributed by atoms with E-state index in [1.165, 1.54) is 0 Å². The molecule has 0 aliphatic carbocycles. The quantitative estimate of drug-likeness (QED) is 0.834. The van der Waals surface area contributed by atoms with Crippen molar-refractivity contribution in [2.75, 3.05) is 7.11 Å². The minimum Gasteiger partial charge on any atom is -0.497 e. The van der Waals surface area contributed by atoms with Crippen molar-refractivity contribution in [3.05, 3.63) is 46.7 Å². The van der Waals surface area contributed by atoms with Crippen LogP contribution in [-0.4, -0.2) is 16.9 Å². The fourth-order valence-electron chi connectivity index (χ4n) is 1.44. The smallest absolute Gasteiger partial charge is 0.127 e. The summed E-state index contributed by atoms with van der Waals surface area (Å²) in [4.78, 5) is 0. The van der Waals surface area contributed by atoms with Gasteiger partial charge in [0.1, 0.15) is 10.9 Å². The zero-order valence-corrected chi connectivity index (χ0v) is 10.5. The van der Waals surface area contributed by atoms with Crippen LogP contribution < -0.4 is 4.74 Å². The van der Waals surface area contributed by atoms with E-state index in [0.29, 0.717) is 5.15 Å². The van der Waals surface area contributed by atoms with E-state index in [1.54, 1.807) is 11.8 Å². The number of hydrogen-bond acceptors (Lipinski definition) is 2. The third kappa shape index (κ3) is 2.88. The summed E-state index contributed by atoms with van der Waals surface area (Å²) in [5.41, 5.74) is 1.93. The first-order valence-corrected chi connectivity index (χ1v) is 5.58. The second kappa shape index (κ2) is 5.06. The van der Waals surface area contributed by atoms with Crippen molar-refractivity contribution in [2.24, 2.45) is 7.05 Å². The van der Waals surface area contributed by atoms with Crippen LogP contribution in [0.3, 0.4) is 0 Å². The number of methoxy groups -OCH3 is 1. The van der Waals surface area contributed by atoms with E-state index in [1.807, 2.05) is 49.5 Å². The fraction of sp³-hybridized carbons (Fsp3) is 0.154. The number of benzene rings is 1. The van der Waals surface area contributed by atoms with Crippen molar-refractivity contribution in [1.29, 1.82) is 0 Å². The molecule has 2 rings (SSSR count). The average molecular weight is 249 g/mol. The molecule has 0 saturated carbocycles. The molecule has 17 heavy (non-hydrogen) atoms. The summed E-state index contributed by atoms with van der Waals surface area (Å²) in [5.74, 6) is 0.850. The molecule has 0 unspecified atom stereocenters. The van der Waals surface area contributed by atoms with Gasteiger partial charge in [0.05, 0.1) is 12.8 Å². The minimum atomic E-state index is 0.624. The Morgan fingerprint density at radius 1 is 1.24 bits per heavy atom. The molecule has 0 atom stereocenters. The summed E-state index contributed by atoms with van der Waals surface area (Å²) in [5, 5.41) is 4.86. The number of halogens is 1. The Bertz CT molecular complexity index is 509. The lowest BCUT2D eigenvalue weighted by molar-refractivity contribution is 0.415. The van der Waals surface area contributed by atoms with Crippen LogP contribution in [0.15, 0.2) is 30.3 Å². The predicted octanol–water partition coefficient (Wildman–Crippen LogP) is 3.25. The van der Waals surface area contributed by atoms with Gasteiger partial charge in [0.25, 0.3) is 0 Å². The molecule has 0 fully saturated rings. The molecule has 0 saturated heterocycles. The maximum atomic E-state index is 5.90. The van der Waals surface area contributed by atoms with Crippen molar-refractivity contribution in [2.45, 2.75) is 0 Å². The first kappa shape index (κ1) is 11.7. The summed E-state index contributed by atoms with van der Waals surface area (Å²) >= 11 is 5.90. The predicted molar refractivity (Wildman–Crippen MR) is 70.1 cm³/mol. The van der Waals surface area contributed by atoms with Crippen molar-refractivity contribution in [3.8, 4) is 5.75 Å². The van der Waals surface area contributed by atoms with Crippen LogP contribution in [0.5, 0.6) is 5.75 Å². The van der Waals surface area contributed by atoms with Crippen LogP contribution in [0.4, 0.5) is 0 Å². The molecule has 4 heteroatoms. The van der Waals surface area contributed by atoms with Crippen LogP contribution in [0.2, 0.25) is 5.15 Å². The summed E-state index contributed by atoms with van der Waals surface area (Å²) < 4.78 is 6.73. The van der Waals surface area contributed by atoms with Crippen molar-refractivity contribution in [3.63, 3.8) is 0 Å². The molecule has 1 aromatic carbocycles. The lowest BCUT2D eigenvalue weighted by atomic mass is 10.2. The van der Waals surface area contributed by atoms with E-state index in [4.69, 9.17) is 16.3 Å². The van der Waals surface area contributed by atoms with Crippen molar-refractivity contribution < 1.29 is 4.74 Å². The van der Waals surface area contributed by atoms with Gasteiger partial charge in [-0.05, 0) is 23.8 Å².